The quantitative estimate of drug-likeness (QED) is 0.690. The van der Waals surface area contributed by atoms with Gasteiger partial charge in [0.15, 0.2) is 0 Å². The number of rotatable bonds is 4. The molecule has 0 saturated heterocycles. The second kappa shape index (κ2) is 5.76. The number of hydrogen-bond acceptors (Lipinski definition) is 5. The number of nitro benzene ring substituents is 1. The maximum Gasteiger partial charge on any atom is 0.314 e. The normalized spacial score (nSPS) is 10.2. The number of aryl methyl sites for hydroxylation is 1. The Hall–Kier alpha value is -2.67. The molecular weight excluding hydrogens is 298 g/mol. The highest BCUT2D eigenvalue weighted by Gasteiger charge is 2.20. The predicted molar refractivity (Wildman–Crippen MR) is 75.7 cm³/mol. The molecule has 8 heteroatoms. The average molecular weight is 308 g/mol. The molecule has 108 valence electrons. The van der Waals surface area contributed by atoms with E-state index in [0.717, 1.165) is 0 Å². The van der Waals surface area contributed by atoms with E-state index in [1.165, 1.54) is 18.3 Å². The van der Waals surface area contributed by atoms with Crippen molar-refractivity contribution in [2.45, 2.75) is 6.92 Å². The van der Waals surface area contributed by atoms with Crippen LogP contribution in [0.3, 0.4) is 0 Å². The number of halogens is 1. The summed E-state index contributed by atoms with van der Waals surface area (Å²) in [5.41, 5.74) is 5.49. The van der Waals surface area contributed by atoms with Gasteiger partial charge in [-0.05, 0) is 19.1 Å². The molecule has 2 N–H and O–H groups in total. The molecule has 2 rings (SSSR count). The third kappa shape index (κ3) is 3.09. The lowest BCUT2D eigenvalue weighted by Crippen LogP contribution is -2.11. The minimum Gasteiger partial charge on any atom is -0.430 e. The fraction of sp³-hybridized carbons (Fsp3) is 0.0769. The van der Waals surface area contributed by atoms with E-state index in [1.807, 2.05) is 0 Å². The van der Waals surface area contributed by atoms with Crippen molar-refractivity contribution in [3.05, 3.63) is 56.7 Å². The van der Waals surface area contributed by atoms with Crippen molar-refractivity contribution < 1.29 is 14.5 Å². The van der Waals surface area contributed by atoms with Crippen LogP contribution >= 0.6 is 11.6 Å². The van der Waals surface area contributed by atoms with Crippen molar-refractivity contribution in [2.24, 2.45) is 5.73 Å². The van der Waals surface area contributed by atoms with Gasteiger partial charge in [-0.2, -0.15) is 0 Å². The summed E-state index contributed by atoms with van der Waals surface area (Å²) in [7, 11) is 0. The van der Waals surface area contributed by atoms with Gasteiger partial charge >= 0.3 is 5.69 Å². The summed E-state index contributed by atoms with van der Waals surface area (Å²) in [6, 6.07) is 5.93. The van der Waals surface area contributed by atoms with Gasteiger partial charge in [0, 0.05) is 11.8 Å². The van der Waals surface area contributed by atoms with E-state index >= 15 is 0 Å². The van der Waals surface area contributed by atoms with E-state index in [4.69, 9.17) is 22.1 Å². The van der Waals surface area contributed by atoms with Gasteiger partial charge in [-0.3, -0.25) is 14.9 Å². The number of carbonyl (C=O) groups is 1. The number of para-hydroxylation sites is 1. The highest BCUT2D eigenvalue weighted by Crippen LogP contribution is 2.35. The summed E-state index contributed by atoms with van der Waals surface area (Å²) in [5.74, 6) is -0.714. The minimum atomic E-state index is -0.683. The first kappa shape index (κ1) is 14.7. The summed E-state index contributed by atoms with van der Waals surface area (Å²) in [6.07, 6.45) is 1.19. The Labute approximate surface area is 124 Å². The standard InChI is InChI=1S/C13H10ClN3O4/c1-7-3-2-4-10(11(7)17(19)20)21-13-9(14)5-8(6-16-13)12(15)18/h2-6H,1H3,(H2,15,18). The molecule has 2 aromatic rings. The van der Waals surface area contributed by atoms with Gasteiger partial charge in [0.05, 0.1) is 10.5 Å². The topological polar surface area (TPSA) is 108 Å². The molecule has 0 bridgehead atoms. The number of hydrogen-bond donors (Lipinski definition) is 1. The van der Waals surface area contributed by atoms with Gasteiger partial charge in [-0.1, -0.05) is 23.7 Å². The van der Waals surface area contributed by atoms with Crippen LogP contribution in [0, 0.1) is 17.0 Å². The summed E-state index contributed by atoms with van der Waals surface area (Å²) in [6.45, 7) is 1.59. The van der Waals surface area contributed by atoms with Crippen molar-refractivity contribution in [3.8, 4) is 11.6 Å². The zero-order valence-corrected chi connectivity index (χ0v) is 11.6. The molecule has 0 aliphatic carbocycles. The number of nitrogens with two attached hydrogens (primary N) is 1. The van der Waals surface area contributed by atoms with E-state index in [9.17, 15) is 14.9 Å². The lowest BCUT2D eigenvalue weighted by atomic mass is 10.2. The minimum absolute atomic E-state index is 0.0150. The SMILES string of the molecule is Cc1cccc(Oc2ncc(C(N)=O)cc2Cl)c1[N+](=O)[O-]. The molecule has 0 spiro atoms. The Morgan fingerprint density at radius 1 is 1.48 bits per heavy atom. The Kier molecular flexibility index (Phi) is 4.04. The van der Waals surface area contributed by atoms with Crippen molar-refractivity contribution in [3.63, 3.8) is 0 Å². The van der Waals surface area contributed by atoms with Crippen LogP contribution in [0.2, 0.25) is 5.02 Å². The smallest absolute Gasteiger partial charge is 0.314 e. The molecule has 1 aromatic heterocycles. The molecule has 0 unspecified atom stereocenters. The molecule has 7 nitrogen and oxygen atoms in total. The third-order valence-corrected chi connectivity index (χ3v) is 2.95. The van der Waals surface area contributed by atoms with E-state index in [-0.39, 0.29) is 27.9 Å². The first-order chi connectivity index (χ1) is 9.90. The number of pyridine rings is 1. The largest absolute Gasteiger partial charge is 0.430 e. The van der Waals surface area contributed by atoms with Crippen LogP contribution in [0.4, 0.5) is 5.69 Å². The number of amides is 1. The zero-order valence-electron chi connectivity index (χ0n) is 10.9. The fourth-order valence-corrected chi connectivity index (χ4v) is 1.89. The monoisotopic (exact) mass is 307 g/mol. The number of primary amides is 1. The Balaban J connectivity index is 2.42. The maximum absolute atomic E-state index is 11.1. The van der Waals surface area contributed by atoms with Crippen LogP contribution < -0.4 is 10.5 Å². The first-order valence-electron chi connectivity index (χ1n) is 5.77. The van der Waals surface area contributed by atoms with E-state index in [0.29, 0.717) is 5.56 Å². The molecule has 0 aliphatic heterocycles. The van der Waals surface area contributed by atoms with Crippen molar-refractivity contribution in [2.75, 3.05) is 0 Å². The molecule has 1 amide bonds. The summed E-state index contributed by atoms with van der Waals surface area (Å²) in [4.78, 5) is 25.4. The number of carbonyl (C=O) groups excluding carboxylic acids is 1. The van der Waals surface area contributed by atoms with E-state index in [1.54, 1.807) is 19.1 Å². The maximum atomic E-state index is 11.1. The molecule has 0 atom stereocenters. The van der Waals surface area contributed by atoms with E-state index < -0.39 is 10.8 Å². The summed E-state index contributed by atoms with van der Waals surface area (Å²) < 4.78 is 5.38. The third-order valence-electron chi connectivity index (χ3n) is 2.68. The number of nitrogens with zero attached hydrogens (tertiary/aromatic N) is 2. The van der Waals surface area contributed by atoms with Gasteiger partial charge in [-0.15, -0.1) is 0 Å². The van der Waals surface area contributed by atoms with Gasteiger partial charge in [0.25, 0.3) is 0 Å². The highest BCUT2D eigenvalue weighted by molar-refractivity contribution is 6.32. The number of ether oxygens (including phenoxy) is 1. The lowest BCUT2D eigenvalue weighted by Gasteiger charge is -2.08. The lowest BCUT2D eigenvalue weighted by molar-refractivity contribution is -0.386. The van der Waals surface area contributed by atoms with E-state index in [2.05, 4.69) is 4.98 Å². The van der Waals surface area contributed by atoms with Crippen molar-refractivity contribution in [1.82, 2.24) is 4.98 Å². The highest BCUT2D eigenvalue weighted by atomic mass is 35.5. The van der Waals surface area contributed by atoms with Crippen molar-refractivity contribution >= 4 is 23.2 Å². The molecular formula is C13H10ClN3O4. The van der Waals surface area contributed by atoms with Crippen molar-refractivity contribution in [1.29, 1.82) is 0 Å². The van der Waals surface area contributed by atoms with Crippen LogP contribution in [0.5, 0.6) is 11.6 Å². The van der Waals surface area contributed by atoms with Gasteiger partial charge < -0.3 is 10.5 Å². The molecule has 0 saturated carbocycles. The van der Waals surface area contributed by atoms with Crippen LogP contribution in [-0.4, -0.2) is 15.8 Å². The Morgan fingerprint density at radius 3 is 2.76 bits per heavy atom. The summed E-state index contributed by atoms with van der Waals surface area (Å²) >= 11 is 5.93. The predicted octanol–water partition coefficient (Wildman–Crippen LogP) is 2.84. The van der Waals surface area contributed by atoms with Gasteiger partial charge in [0.2, 0.25) is 17.5 Å². The van der Waals surface area contributed by atoms with Crippen LogP contribution in [-0.2, 0) is 0 Å². The Morgan fingerprint density at radius 2 is 2.19 bits per heavy atom. The van der Waals surface area contributed by atoms with Gasteiger partial charge in [0.1, 0.15) is 5.02 Å². The molecule has 0 fully saturated rings. The molecule has 0 aliphatic rings. The second-order valence-electron chi connectivity index (χ2n) is 4.16. The summed E-state index contributed by atoms with van der Waals surface area (Å²) in [5, 5.41) is 11.1. The van der Waals surface area contributed by atoms with Crippen LogP contribution in [0.15, 0.2) is 30.5 Å². The average Bonchev–Trinajstić information content (AvgIpc) is 2.40. The molecule has 0 radical (unpaired) electrons. The molecule has 1 aromatic carbocycles. The van der Waals surface area contributed by atoms with Crippen LogP contribution in [0.1, 0.15) is 15.9 Å². The second-order valence-corrected chi connectivity index (χ2v) is 4.56. The van der Waals surface area contributed by atoms with Crippen LogP contribution in [0.25, 0.3) is 0 Å². The number of benzene rings is 1. The number of nitro groups is 1. The molecule has 1 heterocycles. The zero-order chi connectivity index (χ0) is 15.6. The number of aromatic nitrogens is 1. The molecule has 21 heavy (non-hydrogen) atoms. The fourth-order valence-electron chi connectivity index (χ4n) is 1.69. The Bertz CT molecular complexity index is 733. The first-order valence-corrected chi connectivity index (χ1v) is 6.15. The van der Waals surface area contributed by atoms with Gasteiger partial charge in [-0.25, -0.2) is 4.98 Å².